The Hall–Kier alpha value is -1.50. The molecule has 0 aliphatic rings. The van der Waals surface area contributed by atoms with Gasteiger partial charge in [0, 0.05) is 14.5 Å². The van der Waals surface area contributed by atoms with Gasteiger partial charge in [-0.1, -0.05) is 56.1 Å². The summed E-state index contributed by atoms with van der Waals surface area (Å²) in [5, 5.41) is 0. The van der Waals surface area contributed by atoms with E-state index in [4.69, 9.17) is 5.73 Å². The number of hydrogen-bond donors (Lipinski definition) is 1. The molecule has 2 rings (SSSR count). The highest BCUT2D eigenvalue weighted by atomic mass is 79.9. The molecule has 1 unspecified atom stereocenters. The van der Waals surface area contributed by atoms with E-state index >= 15 is 0 Å². The third-order valence-electron chi connectivity index (χ3n) is 2.69. The highest BCUT2D eigenvalue weighted by Gasteiger charge is 2.15. The maximum atomic E-state index is 11.0. The smallest absolute Gasteiger partial charge is 0.327 e. The van der Waals surface area contributed by atoms with E-state index in [-0.39, 0.29) is 0 Å². The lowest BCUT2D eigenvalue weighted by Crippen LogP contribution is -2.22. The molecule has 0 spiro atoms. The Bertz CT molecular complexity index is 612. The largest absolute Gasteiger partial charge is 0.468 e. The van der Waals surface area contributed by atoms with Crippen LogP contribution < -0.4 is 5.73 Å². The highest BCUT2D eigenvalue weighted by molar-refractivity contribution is 9.10. The molecule has 0 amide bonds. The lowest BCUT2D eigenvalue weighted by Gasteiger charge is -2.08. The average Bonchev–Trinajstić information content (AvgIpc) is 2.55. The maximum absolute atomic E-state index is 11.0. The summed E-state index contributed by atoms with van der Waals surface area (Å²) in [6.45, 7) is 0. The van der Waals surface area contributed by atoms with E-state index < -0.39 is 12.0 Å². The van der Waals surface area contributed by atoms with Crippen LogP contribution in [-0.4, -0.2) is 19.4 Å². The van der Waals surface area contributed by atoms with Crippen molar-refractivity contribution in [1.82, 2.24) is 0 Å². The number of aldehydes is 1. The summed E-state index contributed by atoms with van der Waals surface area (Å²) in [7, 11) is 1.32. The Morgan fingerprint density at radius 2 is 1.50 bits per heavy atom. The number of hydrogen-bond acceptors (Lipinski definition) is 4. The van der Waals surface area contributed by atoms with Gasteiger partial charge in [-0.2, -0.15) is 0 Å². The van der Waals surface area contributed by atoms with Crippen LogP contribution in [0, 0.1) is 0 Å². The van der Waals surface area contributed by atoms with Gasteiger partial charge in [0.1, 0.15) is 12.3 Å². The summed E-state index contributed by atoms with van der Waals surface area (Å²) >= 11 is 6.55. The number of carbonyl (C=O) groups is 2. The van der Waals surface area contributed by atoms with Crippen molar-refractivity contribution in [3.8, 4) is 0 Å². The maximum Gasteiger partial charge on any atom is 0.327 e. The molecule has 6 heteroatoms. The first-order chi connectivity index (χ1) is 10.5. The van der Waals surface area contributed by atoms with Gasteiger partial charge in [0.15, 0.2) is 0 Å². The zero-order valence-electron chi connectivity index (χ0n) is 11.8. The molecule has 0 heterocycles. The Morgan fingerprint density at radius 3 is 1.91 bits per heavy atom. The number of ether oxygens (including phenoxy) is 1. The van der Waals surface area contributed by atoms with E-state index in [0.29, 0.717) is 5.56 Å². The van der Waals surface area contributed by atoms with E-state index in [1.54, 1.807) is 24.3 Å². The summed E-state index contributed by atoms with van der Waals surface area (Å²) in [5.74, 6) is -0.428. The van der Waals surface area contributed by atoms with Crippen LogP contribution in [0.4, 0.5) is 0 Å². The van der Waals surface area contributed by atoms with Crippen LogP contribution >= 0.6 is 31.9 Å². The molecule has 0 aliphatic heterocycles. The third kappa shape index (κ3) is 6.09. The van der Waals surface area contributed by atoms with Crippen molar-refractivity contribution in [2.24, 2.45) is 5.73 Å². The Kier molecular flexibility index (Phi) is 8.01. The second-order valence-corrected chi connectivity index (χ2v) is 6.05. The van der Waals surface area contributed by atoms with E-state index in [1.165, 1.54) is 7.11 Å². The Labute approximate surface area is 145 Å². The molecule has 2 N–H and O–H groups in total. The molecule has 0 saturated carbocycles. The van der Waals surface area contributed by atoms with Crippen molar-refractivity contribution in [1.29, 1.82) is 0 Å². The normalized spacial score (nSPS) is 10.9. The molecule has 0 saturated heterocycles. The molecule has 1 atom stereocenters. The monoisotopic (exact) mass is 427 g/mol. The molecule has 0 aromatic heterocycles. The SMILES string of the molecule is COC(=O)C(N)c1ccc(Br)cc1.O=Cc1ccc(Br)cc1. The number of benzene rings is 2. The minimum atomic E-state index is -0.696. The standard InChI is InChI=1S/C9H10BrNO2.C7H5BrO/c1-13-9(12)8(11)6-2-4-7(10)5-3-6;8-7-3-1-6(5-9)2-4-7/h2-5,8H,11H2,1H3;1-5H. The minimum absolute atomic E-state index is 0.428. The molecule has 0 radical (unpaired) electrons. The van der Waals surface area contributed by atoms with Crippen LogP contribution in [0.2, 0.25) is 0 Å². The predicted octanol–water partition coefficient (Wildman–Crippen LogP) is 3.88. The van der Waals surface area contributed by atoms with E-state index in [1.807, 2.05) is 24.3 Å². The van der Waals surface area contributed by atoms with Crippen molar-refractivity contribution in [3.05, 3.63) is 68.6 Å². The van der Waals surface area contributed by atoms with E-state index in [0.717, 1.165) is 20.8 Å². The number of rotatable bonds is 3. The molecule has 22 heavy (non-hydrogen) atoms. The summed E-state index contributed by atoms with van der Waals surface area (Å²) in [5.41, 5.74) is 7.06. The fourth-order valence-electron chi connectivity index (χ4n) is 1.47. The van der Waals surface area contributed by atoms with Crippen LogP contribution in [0.3, 0.4) is 0 Å². The van der Waals surface area contributed by atoms with Crippen molar-refractivity contribution < 1.29 is 14.3 Å². The molecule has 2 aromatic carbocycles. The van der Waals surface area contributed by atoms with Crippen molar-refractivity contribution in [3.63, 3.8) is 0 Å². The Balaban J connectivity index is 0.000000235. The van der Waals surface area contributed by atoms with Gasteiger partial charge in [0.05, 0.1) is 7.11 Å². The summed E-state index contributed by atoms with van der Waals surface area (Å²) in [6.07, 6.45) is 0.826. The molecular formula is C16H15Br2NO3. The molecule has 0 aliphatic carbocycles. The van der Waals surface area contributed by atoms with Gasteiger partial charge in [0.25, 0.3) is 0 Å². The first-order valence-electron chi connectivity index (χ1n) is 6.27. The predicted molar refractivity (Wildman–Crippen MR) is 92.6 cm³/mol. The van der Waals surface area contributed by atoms with Crippen molar-refractivity contribution in [2.45, 2.75) is 6.04 Å². The fourth-order valence-corrected chi connectivity index (χ4v) is 2.00. The van der Waals surface area contributed by atoms with Gasteiger partial charge < -0.3 is 10.5 Å². The van der Waals surface area contributed by atoms with Gasteiger partial charge in [-0.3, -0.25) is 9.59 Å². The van der Waals surface area contributed by atoms with Gasteiger partial charge in [-0.25, -0.2) is 0 Å². The molecular weight excluding hydrogens is 414 g/mol. The van der Waals surface area contributed by atoms with Gasteiger partial charge in [0.2, 0.25) is 0 Å². The summed E-state index contributed by atoms with van der Waals surface area (Å²) in [6, 6.07) is 13.7. The topological polar surface area (TPSA) is 69.4 Å². The molecule has 4 nitrogen and oxygen atoms in total. The zero-order valence-corrected chi connectivity index (χ0v) is 15.0. The van der Waals surface area contributed by atoms with Crippen molar-refractivity contribution >= 4 is 44.1 Å². The first kappa shape index (κ1) is 18.5. The number of halogens is 2. The summed E-state index contributed by atoms with van der Waals surface area (Å²) in [4.78, 5) is 21.1. The quantitative estimate of drug-likeness (QED) is 0.594. The van der Waals surface area contributed by atoms with Gasteiger partial charge >= 0.3 is 5.97 Å². The molecule has 0 bridgehead atoms. The van der Waals surface area contributed by atoms with Crippen LogP contribution in [0.15, 0.2) is 57.5 Å². The van der Waals surface area contributed by atoms with Crippen LogP contribution in [0.1, 0.15) is 22.0 Å². The van der Waals surface area contributed by atoms with Crippen LogP contribution in [0.25, 0.3) is 0 Å². The minimum Gasteiger partial charge on any atom is -0.468 e. The highest BCUT2D eigenvalue weighted by Crippen LogP contribution is 2.15. The van der Waals surface area contributed by atoms with Crippen molar-refractivity contribution in [2.75, 3.05) is 7.11 Å². The van der Waals surface area contributed by atoms with Crippen LogP contribution in [0.5, 0.6) is 0 Å². The lowest BCUT2D eigenvalue weighted by molar-refractivity contribution is -0.142. The number of carbonyl (C=O) groups excluding carboxylic acids is 2. The van der Waals surface area contributed by atoms with E-state index in [9.17, 15) is 9.59 Å². The number of esters is 1. The van der Waals surface area contributed by atoms with Gasteiger partial charge in [-0.05, 0) is 29.8 Å². The third-order valence-corrected chi connectivity index (χ3v) is 3.75. The molecule has 116 valence electrons. The number of methoxy groups -OCH3 is 1. The zero-order chi connectivity index (χ0) is 16.5. The van der Waals surface area contributed by atoms with Crippen LogP contribution in [-0.2, 0) is 9.53 Å². The fraction of sp³-hybridized carbons (Fsp3) is 0.125. The number of nitrogens with two attached hydrogens (primary N) is 1. The first-order valence-corrected chi connectivity index (χ1v) is 7.86. The molecule has 0 fully saturated rings. The molecule has 2 aromatic rings. The Morgan fingerprint density at radius 1 is 1.05 bits per heavy atom. The summed E-state index contributed by atoms with van der Waals surface area (Å²) < 4.78 is 6.47. The van der Waals surface area contributed by atoms with Gasteiger partial charge in [-0.15, -0.1) is 0 Å². The lowest BCUT2D eigenvalue weighted by atomic mass is 10.1. The second kappa shape index (κ2) is 9.50. The second-order valence-electron chi connectivity index (χ2n) is 4.22. The van der Waals surface area contributed by atoms with E-state index in [2.05, 4.69) is 36.6 Å². The average molecular weight is 429 g/mol.